The Morgan fingerprint density at radius 3 is 2.69 bits per heavy atom. The number of para-hydroxylation sites is 1. The summed E-state index contributed by atoms with van der Waals surface area (Å²) in [5.74, 6) is 1.89. The summed E-state index contributed by atoms with van der Waals surface area (Å²) in [6, 6.07) is 13.8. The van der Waals surface area contributed by atoms with Crippen LogP contribution in [0, 0.1) is 5.41 Å². The molecule has 4 aliphatic rings. The monoisotopic (exact) mass is 654 g/mol. The van der Waals surface area contributed by atoms with E-state index in [1.54, 1.807) is 7.11 Å². The Balaban J connectivity index is 0.000000953. The normalized spacial score (nSPS) is 31.3. The fourth-order valence-corrected chi connectivity index (χ4v) is 7.84. The summed E-state index contributed by atoms with van der Waals surface area (Å²) in [5, 5.41) is 1.39. The van der Waals surface area contributed by atoms with Gasteiger partial charge in [-0.25, -0.2) is 0 Å². The van der Waals surface area contributed by atoms with E-state index >= 15 is 0 Å². The number of benzene rings is 2. The quantitative estimate of drug-likeness (QED) is 0.295. The van der Waals surface area contributed by atoms with Crippen molar-refractivity contribution in [1.82, 2.24) is 9.47 Å². The number of nitrogens with zero attached hydrogens (tertiary/aromatic N) is 2. The van der Waals surface area contributed by atoms with Gasteiger partial charge >= 0.3 is 0 Å². The molecule has 2 aliphatic carbocycles. The number of hydrogen-bond donors (Lipinski definition) is 0. The van der Waals surface area contributed by atoms with Crippen LogP contribution >= 0.6 is 37.2 Å². The van der Waals surface area contributed by atoms with Crippen molar-refractivity contribution in [2.45, 2.75) is 43.7 Å². The molecule has 2 aromatic carbocycles. The molecule has 3 heterocycles. The second-order valence-corrected chi connectivity index (χ2v) is 10.1. The molecule has 1 spiro atoms. The molecule has 1 saturated heterocycles. The predicted octanol–water partition coefficient (Wildman–Crippen LogP) is 6.15. The molecule has 0 amide bonds. The average molecular weight is 654 g/mol. The number of likely N-dealkylation sites (tertiary alicyclic amines) is 1. The van der Waals surface area contributed by atoms with Gasteiger partial charge in [0, 0.05) is 72.2 Å². The molecule has 4 nitrogen and oxygen atoms in total. The third-order valence-electron chi connectivity index (χ3n) is 9.17. The second kappa shape index (κ2) is 7.25. The number of fused-ring (bicyclic) bond motifs is 4. The van der Waals surface area contributed by atoms with E-state index in [-0.39, 0.29) is 16.9 Å². The van der Waals surface area contributed by atoms with Crippen molar-refractivity contribution in [3.8, 4) is 11.5 Å². The average Bonchev–Trinajstić information content (AvgIpc) is 3.30. The Labute approximate surface area is 212 Å². The minimum absolute atomic E-state index is 0.0107. The van der Waals surface area contributed by atoms with E-state index in [2.05, 4.69) is 104 Å². The van der Waals surface area contributed by atoms with E-state index in [4.69, 9.17) is 9.47 Å². The number of rotatable bonds is 1. The molecular weight excluding hydrogens is 626 g/mol. The summed E-state index contributed by atoms with van der Waals surface area (Å²) in [7, 11) is 6.31. The second-order valence-electron chi connectivity index (χ2n) is 10.1. The van der Waals surface area contributed by atoms with Gasteiger partial charge in [0.25, 0.3) is 0 Å². The molecule has 3 aromatic rings. The summed E-state index contributed by atoms with van der Waals surface area (Å²) in [6.07, 6.45) is 3.38. The van der Waals surface area contributed by atoms with Crippen molar-refractivity contribution in [2.24, 2.45) is 12.5 Å². The zero-order valence-corrected chi connectivity index (χ0v) is 23.2. The van der Waals surface area contributed by atoms with Gasteiger partial charge in [0.15, 0.2) is 11.5 Å². The van der Waals surface area contributed by atoms with Crippen LogP contribution in [0.4, 0.5) is 0 Å². The molecule has 4 atom stereocenters. The van der Waals surface area contributed by atoms with E-state index in [0.29, 0.717) is 6.04 Å². The van der Waals surface area contributed by atoms with Crippen molar-refractivity contribution in [3.63, 3.8) is 0 Å². The van der Waals surface area contributed by atoms with E-state index in [9.17, 15) is 0 Å². The summed E-state index contributed by atoms with van der Waals surface area (Å²) in [5.41, 5.74) is 7.24. The number of likely N-dealkylation sites (N-methyl/N-ethyl adjacent to an activating group) is 1. The first-order valence-electron chi connectivity index (χ1n) is 11.3. The highest BCUT2D eigenvalue weighted by molar-refractivity contribution is 15.0. The minimum Gasteiger partial charge on any atom is -0.493 e. The lowest BCUT2D eigenvalue weighted by Gasteiger charge is -2.64. The lowest BCUT2D eigenvalue weighted by Crippen LogP contribution is -2.68. The topological polar surface area (TPSA) is 26.6 Å². The van der Waals surface area contributed by atoms with Crippen LogP contribution in [0.1, 0.15) is 41.8 Å². The Morgan fingerprint density at radius 2 is 1.91 bits per heavy atom. The van der Waals surface area contributed by atoms with Crippen LogP contribution < -0.4 is 9.47 Å². The number of aryl methyl sites for hydroxylation is 1. The zero-order valence-electron chi connectivity index (χ0n) is 18.9. The molecule has 6 heteroatoms. The smallest absolute Gasteiger partial charge is 0.166 e. The van der Waals surface area contributed by atoms with Gasteiger partial charge in [-0.05, 0) is 56.1 Å². The van der Waals surface area contributed by atoms with Crippen LogP contribution in [0.2, 0.25) is 0 Å². The highest BCUT2D eigenvalue weighted by Gasteiger charge is 2.70. The molecule has 4 unspecified atom stereocenters. The predicted molar refractivity (Wildman–Crippen MR) is 146 cm³/mol. The molecule has 1 aromatic heterocycles. The Bertz CT molecular complexity index is 1250. The van der Waals surface area contributed by atoms with E-state index in [1.165, 1.54) is 33.3 Å². The third kappa shape index (κ3) is 2.32. The van der Waals surface area contributed by atoms with E-state index in [1.807, 2.05) is 0 Å². The van der Waals surface area contributed by atoms with Gasteiger partial charge < -0.3 is 18.9 Å². The molecule has 1 fully saturated rings. The van der Waals surface area contributed by atoms with Crippen molar-refractivity contribution in [1.29, 1.82) is 0 Å². The summed E-state index contributed by atoms with van der Waals surface area (Å²) in [4.78, 5) is 2.61. The van der Waals surface area contributed by atoms with Crippen molar-refractivity contribution >= 4 is 48.1 Å². The number of methoxy groups -OCH3 is 1. The van der Waals surface area contributed by atoms with Crippen molar-refractivity contribution < 1.29 is 9.47 Å². The zero-order chi connectivity index (χ0) is 22.4. The van der Waals surface area contributed by atoms with E-state index < -0.39 is 0 Å². The lowest BCUT2D eigenvalue weighted by atomic mass is 9.44. The number of hydrogen-bond acceptors (Lipinski definition) is 3. The van der Waals surface area contributed by atoms with Gasteiger partial charge in [0.1, 0.15) is 6.10 Å². The van der Waals surface area contributed by atoms with Gasteiger partial charge in [-0.2, -0.15) is 0 Å². The first-order chi connectivity index (χ1) is 15.5. The number of aromatic nitrogens is 1. The van der Waals surface area contributed by atoms with Crippen LogP contribution in [0.15, 0.2) is 36.4 Å². The lowest BCUT2D eigenvalue weighted by molar-refractivity contribution is -0.0912. The largest absolute Gasteiger partial charge is 0.493 e. The minimum atomic E-state index is 0.0107. The van der Waals surface area contributed by atoms with Gasteiger partial charge in [0.2, 0.25) is 0 Å². The maximum Gasteiger partial charge on any atom is 0.166 e. The molecular formula is C26H28I2N2O2. The van der Waals surface area contributed by atoms with Gasteiger partial charge in [0.05, 0.1) is 18.2 Å². The molecule has 0 N–H and O–H groups in total. The molecule has 0 saturated carbocycles. The van der Waals surface area contributed by atoms with Gasteiger partial charge in [-0.3, -0.25) is 0 Å². The Kier molecular flexibility index (Phi) is 4.88. The highest BCUT2D eigenvalue weighted by Crippen LogP contribution is 2.72. The molecule has 32 heavy (non-hydrogen) atoms. The first-order valence-corrected chi connectivity index (χ1v) is 17.6. The number of halogens is 2. The Hall–Kier alpha value is -1.000. The van der Waals surface area contributed by atoms with Crippen LogP contribution in [-0.2, 0) is 25.3 Å². The first kappa shape index (κ1) is 21.5. The van der Waals surface area contributed by atoms with Crippen LogP contribution in [0.3, 0.4) is 0 Å². The molecule has 0 radical (unpaired) electrons. The van der Waals surface area contributed by atoms with Crippen molar-refractivity contribution in [2.75, 3.05) is 20.7 Å². The molecule has 7 rings (SSSR count). The fraction of sp³-hybridized carbons (Fsp3) is 0.462. The van der Waals surface area contributed by atoms with Gasteiger partial charge in [-0.15, -0.1) is 0 Å². The number of piperidine rings is 1. The number of ether oxygens (including phenoxy) is 2. The molecule has 2 aliphatic heterocycles. The van der Waals surface area contributed by atoms with Crippen LogP contribution in [-0.4, -0.2) is 36.2 Å². The highest BCUT2D eigenvalue weighted by atomic mass is 128. The fourth-order valence-electron chi connectivity index (χ4n) is 7.84. The van der Waals surface area contributed by atoms with Crippen molar-refractivity contribution in [3.05, 3.63) is 58.8 Å². The maximum absolute atomic E-state index is 6.97. The molecule has 2 bridgehead atoms. The third-order valence-corrected chi connectivity index (χ3v) is 9.17. The maximum atomic E-state index is 6.97. The summed E-state index contributed by atoms with van der Waals surface area (Å²) < 4.78 is 15.2. The molecule has 168 valence electrons. The summed E-state index contributed by atoms with van der Waals surface area (Å²) in [6.45, 7) is 3.67. The van der Waals surface area contributed by atoms with E-state index in [0.717, 1.165) is 37.3 Å². The standard InChI is InChI=1S/C26H28N2O2.I2/c1-25-14-17-16-7-5-6-8-18(16)28(3)22(17)24-26(25)11-12-27(2)20(25)13-15-9-10-19(29-4)23(30-24)21(15)26;1-2/h5-10,20,24H,11-14H2,1-4H3;. The van der Waals surface area contributed by atoms with Crippen LogP contribution in [0.25, 0.3) is 10.9 Å². The van der Waals surface area contributed by atoms with Crippen LogP contribution in [0.5, 0.6) is 11.5 Å². The Morgan fingerprint density at radius 1 is 1.12 bits per heavy atom. The summed E-state index contributed by atoms with van der Waals surface area (Å²) >= 11 is 4.24. The SMILES string of the molecule is COc1ccc2c3c1OC1c4c(c5ccccc5n4C)CC4(C)C(C2)N(C)CCC314.II. The van der Waals surface area contributed by atoms with Gasteiger partial charge in [-0.1, -0.05) is 31.2 Å².